The normalized spacial score (nSPS) is 18.0. The molecule has 8 aromatic carbocycles. The molecule has 0 saturated heterocycles. The maximum absolute atomic E-state index is 2.58. The standard InChI is InChI=1S/C49H34N2/c1-49-27-13-12-21-45(49)43-20-8-11-24-48(43)51(49)35-29-33(28-34(31-35)50-46-22-9-6-18-41(46)42-19-7-10-23-47(42)50)32-25-26-40-38-16-3-2-14-36(38)37-15-4-5-17-39(37)44(40)30-32/h2-31,45H,1H3. The van der Waals surface area contributed by atoms with Crippen LogP contribution < -0.4 is 4.90 Å². The number of aromatic nitrogens is 1. The first-order valence-electron chi connectivity index (χ1n) is 17.9. The van der Waals surface area contributed by atoms with Gasteiger partial charge in [0.05, 0.1) is 16.6 Å². The highest BCUT2D eigenvalue weighted by molar-refractivity contribution is 6.25. The zero-order valence-corrected chi connectivity index (χ0v) is 28.3. The van der Waals surface area contributed by atoms with E-state index in [1.807, 2.05) is 0 Å². The van der Waals surface area contributed by atoms with E-state index in [1.165, 1.54) is 82.2 Å². The molecule has 2 heterocycles. The molecule has 240 valence electrons. The second kappa shape index (κ2) is 10.6. The molecule has 0 fully saturated rings. The molecule has 1 aromatic heterocycles. The Morgan fingerprint density at radius 1 is 0.451 bits per heavy atom. The number of rotatable bonds is 3. The van der Waals surface area contributed by atoms with Gasteiger partial charge in [0, 0.05) is 33.8 Å². The first-order valence-corrected chi connectivity index (χ1v) is 17.9. The van der Waals surface area contributed by atoms with Crippen LogP contribution in [0.2, 0.25) is 0 Å². The molecule has 0 amide bonds. The molecule has 2 nitrogen and oxygen atoms in total. The van der Waals surface area contributed by atoms with Crippen molar-refractivity contribution in [1.29, 1.82) is 0 Å². The van der Waals surface area contributed by atoms with Crippen LogP contribution in [-0.2, 0) is 0 Å². The fourth-order valence-electron chi connectivity index (χ4n) is 9.30. The summed E-state index contributed by atoms with van der Waals surface area (Å²) >= 11 is 0. The van der Waals surface area contributed by atoms with E-state index < -0.39 is 0 Å². The molecular formula is C49H34N2. The Hall–Kier alpha value is -6.38. The fraction of sp³-hybridized carbons (Fsp3) is 0.0612. The molecule has 9 aromatic rings. The van der Waals surface area contributed by atoms with Gasteiger partial charge in [-0.1, -0.05) is 140 Å². The van der Waals surface area contributed by atoms with Crippen LogP contribution in [0, 0.1) is 0 Å². The molecule has 1 aliphatic carbocycles. The number of hydrogen-bond donors (Lipinski definition) is 0. The van der Waals surface area contributed by atoms with Crippen LogP contribution in [0.3, 0.4) is 0 Å². The van der Waals surface area contributed by atoms with Crippen LogP contribution in [0.25, 0.3) is 70.9 Å². The summed E-state index contributed by atoms with van der Waals surface area (Å²) in [7, 11) is 0. The van der Waals surface area contributed by atoms with Gasteiger partial charge >= 0.3 is 0 Å². The van der Waals surface area contributed by atoms with Crippen LogP contribution in [0.5, 0.6) is 0 Å². The Morgan fingerprint density at radius 2 is 1.00 bits per heavy atom. The Morgan fingerprint density at radius 3 is 1.69 bits per heavy atom. The summed E-state index contributed by atoms with van der Waals surface area (Å²) in [4.78, 5) is 2.58. The van der Waals surface area contributed by atoms with E-state index in [-0.39, 0.29) is 11.5 Å². The molecule has 0 bridgehead atoms. The topological polar surface area (TPSA) is 8.17 Å². The van der Waals surface area contributed by atoms with E-state index in [4.69, 9.17) is 0 Å². The smallest absolute Gasteiger partial charge is 0.0712 e. The molecule has 11 rings (SSSR count). The number of para-hydroxylation sites is 3. The van der Waals surface area contributed by atoms with Crippen molar-refractivity contribution < 1.29 is 0 Å². The predicted octanol–water partition coefficient (Wildman–Crippen LogP) is 13.0. The number of anilines is 2. The highest BCUT2D eigenvalue weighted by Crippen LogP contribution is 2.54. The largest absolute Gasteiger partial charge is 0.331 e. The summed E-state index contributed by atoms with van der Waals surface area (Å²) in [6.45, 7) is 2.39. The highest BCUT2D eigenvalue weighted by Gasteiger charge is 2.46. The van der Waals surface area contributed by atoms with Gasteiger partial charge in [-0.25, -0.2) is 0 Å². The predicted molar refractivity (Wildman–Crippen MR) is 217 cm³/mol. The molecule has 2 heteroatoms. The Labute approximate surface area is 296 Å². The molecule has 2 atom stereocenters. The van der Waals surface area contributed by atoms with Crippen LogP contribution in [0.15, 0.2) is 182 Å². The van der Waals surface area contributed by atoms with Crippen molar-refractivity contribution in [2.45, 2.75) is 18.4 Å². The summed E-state index contributed by atoms with van der Waals surface area (Å²) in [5.41, 5.74) is 9.56. The molecule has 51 heavy (non-hydrogen) atoms. The number of fused-ring (bicyclic) bond motifs is 12. The zero-order valence-electron chi connectivity index (χ0n) is 28.3. The second-order valence-electron chi connectivity index (χ2n) is 14.3. The van der Waals surface area contributed by atoms with Crippen molar-refractivity contribution in [3.8, 4) is 16.8 Å². The lowest BCUT2D eigenvalue weighted by Crippen LogP contribution is -2.42. The molecule has 0 radical (unpaired) electrons. The number of hydrogen-bond acceptors (Lipinski definition) is 1. The van der Waals surface area contributed by atoms with Crippen LogP contribution >= 0.6 is 0 Å². The van der Waals surface area contributed by atoms with Crippen LogP contribution in [0.1, 0.15) is 18.4 Å². The Bertz CT molecular complexity index is 2870. The third-order valence-electron chi connectivity index (χ3n) is 11.5. The van der Waals surface area contributed by atoms with Gasteiger partial charge in [-0.05, 0) is 98.4 Å². The van der Waals surface area contributed by atoms with E-state index in [0.29, 0.717) is 0 Å². The first kappa shape index (κ1) is 28.5. The number of nitrogens with zero attached hydrogens (tertiary/aromatic N) is 2. The summed E-state index contributed by atoms with van der Waals surface area (Å²) < 4.78 is 2.46. The van der Waals surface area contributed by atoms with Crippen molar-refractivity contribution in [2.24, 2.45) is 0 Å². The van der Waals surface area contributed by atoms with Crippen molar-refractivity contribution in [1.82, 2.24) is 4.57 Å². The van der Waals surface area contributed by atoms with E-state index in [2.05, 4.69) is 198 Å². The van der Waals surface area contributed by atoms with Gasteiger partial charge in [0.25, 0.3) is 0 Å². The summed E-state index contributed by atoms with van der Waals surface area (Å²) in [5, 5.41) is 10.3. The molecular weight excluding hydrogens is 617 g/mol. The van der Waals surface area contributed by atoms with Gasteiger partial charge in [0.15, 0.2) is 0 Å². The Balaban J connectivity index is 1.22. The average Bonchev–Trinajstić information content (AvgIpc) is 3.67. The van der Waals surface area contributed by atoms with Crippen molar-refractivity contribution in [2.75, 3.05) is 4.90 Å². The minimum absolute atomic E-state index is 0.242. The van der Waals surface area contributed by atoms with E-state index in [1.54, 1.807) is 0 Å². The van der Waals surface area contributed by atoms with Crippen molar-refractivity contribution >= 4 is 65.5 Å². The van der Waals surface area contributed by atoms with Crippen LogP contribution in [0.4, 0.5) is 11.4 Å². The summed E-state index contributed by atoms with van der Waals surface area (Å²) in [5.74, 6) is 0.263. The molecule has 0 N–H and O–H groups in total. The Kier molecular flexibility index (Phi) is 5.89. The van der Waals surface area contributed by atoms with Crippen LogP contribution in [-0.4, -0.2) is 10.1 Å². The quantitative estimate of drug-likeness (QED) is 0.173. The van der Waals surface area contributed by atoms with Gasteiger partial charge in [0.1, 0.15) is 0 Å². The zero-order chi connectivity index (χ0) is 33.7. The third kappa shape index (κ3) is 3.99. The van der Waals surface area contributed by atoms with Gasteiger partial charge in [-0.15, -0.1) is 0 Å². The molecule has 0 saturated carbocycles. The van der Waals surface area contributed by atoms with E-state index >= 15 is 0 Å². The highest BCUT2D eigenvalue weighted by atomic mass is 15.2. The SMILES string of the molecule is CC12C=CC=CC1c1ccccc1N2c1cc(-c2ccc3c4ccccc4c4ccccc4c3c2)cc(-n2c3ccccc3c3ccccc32)c1. The molecule has 0 spiro atoms. The summed E-state index contributed by atoms with van der Waals surface area (Å²) in [6, 6.07) is 58.5. The average molecular weight is 651 g/mol. The monoisotopic (exact) mass is 650 g/mol. The lowest BCUT2D eigenvalue weighted by Gasteiger charge is -2.39. The molecule has 2 aliphatic rings. The number of allylic oxidation sites excluding steroid dienone is 2. The molecule has 2 unspecified atom stereocenters. The maximum atomic E-state index is 2.58. The summed E-state index contributed by atoms with van der Waals surface area (Å²) in [6.07, 6.45) is 9.18. The van der Waals surface area contributed by atoms with Crippen molar-refractivity contribution in [3.05, 3.63) is 188 Å². The molecule has 1 aliphatic heterocycles. The van der Waals surface area contributed by atoms with E-state index in [0.717, 1.165) is 5.69 Å². The first-order chi connectivity index (χ1) is 25.2. The fourth-order valence-corrected chi connectivity index (χ4v) is 9.30. The lowest BCUT2D eigenvalue weighted by atomic mass is 9.80. The van der Waals surface area contributed by atoms with Gasteiger partial charge in [-0.3, -0.25) is 0 Å². The minimum Gasteiger partial charge on any atom is -0.331 e. The maximum Gasteiger partial charge on any atom is 0.0712 e. The van der Waals surface area contributed by atoms with E-state index in [9.17, 15) is 0 Å². The van der Waals surface area contributed by atoms with Gasteiger partial charge < -0.3 is 9.47 Å². The van der Waals surface area contributed by atoms with Gasteiger partial charge in [0.2, 0.25) is 0 Å². The third-order valence-corrected chi connectivity index (χ3v) is 11.5. The lowest BCUT2D eigenvalue weighted by molar-refractivity contribution is 0.542. The van der Waals surface area contributed by atoms with Gasteiger partial charge in [-0.2, -0.15) is 0 Å². The minimum atomic E-state index is -0.242. The second-order valence-corrected chi connectivity index (χ2v) is 14.3. The number of benzene rings is 8. The van der Waals surface area contributed by atoms with Crippen molar-refractivity contribution in [3.63, 3.8) is 0 Å².